The molecule has 0 aromatic carbocycles. The van der Waals surface area contributed by atoms with Gasteiger partial charge in [0.15, 0.2) is 0 Å². The maximum absolute atomic E-state index is 11.0. The van der Waals surface area contributed by atoms with Crippen LogP contribution in [0.5, 0.6) is 0 Å². The molecule has 0 unspecified atom stereocenters. The molecule has 0 atom stereocenters. The fraction of sp³-hybridized carbons (Fsp3) is 1.00. The van der Waals surface area contributed by atoms with Crippen LogP contribution in [0.4, 0.5) is 13.1 Å². The van der Waals surface area contributed by atoms with Gasteiger partial charge in [0.05, 0.1) is 0 Å². The summed E-state index contributed by atoms with van der Waals surface area (Å²) in [5, 5.41) is 0. The largest absolute Gasteiger partial charge is 0.591 e. The Balaban J connectivity index is 3.17. The predicted molar refractivity (Wildman–Crippen MR) is 25.8 cm³/mol. The number of hydrogen-bond acceptors (Lipinski definition) is 0. The first kappa shape index (κ1) is 6.58. The van der Waals surface area contributed by atoms with E-state index in [2.05, 4.69) is 0 Å². The summed E-state index contributed by atoms with van der Waals surface area (Å²) in [6.45, 7) is 0. The van der Waals surface area contributed by atoms with Crippen LogP contribution in [-0.2, 0) is 0 Å². The van der Waals surface area contributed by atoms with Crippen molar-refractivity contribution >= 4 is 30.1 Å². The quantitative estimate of drug-likeness (QED) is 0.347. The Morgan fingerprint density at radius 2 is 1.67 bits per heavy atom. The molecule has 0 heterocycles. The van der Waals surface area contributed by atoms with E-state index in [1.165, 1.54) is 0 Å². The van der Waals surface area contributed by atoms with Crippen molar-refractivity contribution in [3.8, 4) is 0 Å². The molecule has 0 bridgehead atoms. The van der Waals surface area contributed by atoms with Gasteiger partial charge in [-0.15, -0.1) is 0 Å². The van der Waals surface area contributed by atoms with Gasteiger partial charge < -0.3 is 4.32 Å². The zero-order chi connectivity index (χ0) is 5.21. The van der Waals surface area contributed by atoms with Crippen molar-refractivity contribution in [2.24, 2.45) is 0 Å². The van der Waals surface area contributed by atoms with Gasteiger partial charge in [0.1, 0.15) is 3.83 Å². The lowest BCUT2D eigenvalue weighted by atomic mass is 10.1. The molecule has 0 fully saturated rings. The van der Waals surface area contributed by atoms with Crippen LogP contribution in [0.3, 0.4) is 0 Å². The summed E-state index contributed by atoms with van der Waals surface area (Å²) in [7, 11) is -0.659. The molecular weight excluding hydrogens is 207 g/mol. The SMILES string of the molecule is F[B-]C(F)(F)I. The molecule has 5 heteroatoms. The van der Waals surface area contributed by atoms with Gasteiger partial charge in [-0.2, -0.15) is 0 Å². The minimum atomic E-state index is -3.28. The minimum absolute atomic E-state index is 0.659. The van der Waals surface area contributed by atoms with Gasteiger partial charge in [0.25, 0.3) is 0 Å². The number of alkyl halides is 3. The highest BCUT2D eigenvalue weighted by molar-refractivity contribution is 14.1. The van der Waals surface area contributed by atoms with Crippen LogP contribution in [0.25, 0.3) is 0 Å². The van der Waals surface area contributed by atoms with E-state index in [9.17, 15) is 13.1 Å². The summed E-state index contributed by atoms with van der Waals surface area (Å²) in [6, 6.07) is 0. The maximum atomic E-state index is 11.0. The average molecular weight is 207 g/mol. The third-order valence-corrected chi connectivity index (χ3v) is 0.359. The van der Waals surface area contributed by atoms with Crippen molar-refractivity contribution in [2.45, 2.75) is 3.83 Å². The van der Waals surface area contributed by atoms with E-state index in [0.717, 1.165) is 0 Å². The Bertz CT molecular complexity index is 40.5. The zero-order valence-electron chi connectivity index (χ0n) is 2.59. The smallest absolute Gasteiger partial charge is 0.139 e. The van der Waals surface area contributed by atoms with E-state index < -0.39 is 11.4 Å². The normalized spacial score (nSPS) is 12.0. The van der Waals surface area contributed by atoms with E-state index in [-0.39, 0.29) is 0 Å². The molecule has 0 aliphatic rings. The van der Waals surface area contributed by atoms with Crippen molar-refractivity contribution in [1.29, 1.82) is 0 Å². The second-order valence-corrected chi connectivity index (χ2v) is 2.09. The Morgan fingerprint density at radius 3 is 1.67 bits per heavy atom. The van der Waals surface area contributed by atoms with Gasteiger partial charge in [-0.25, -0.2) is 8.78 Å². The molecule has 0 rings (SSSR count). The average Bonchev–Trinajstić information content (AvgIpc) is 1.35. The zero-order valence-corrected chi connectivity index (χ0v) is 4.75. The van der Waals surface area contributed by atoms with Crippen LogP contribution in [-0.4, -0.2) is 11.4 Å². The summed E-state index contributed by atoms with van der Waals surface area (Å²) in [4.78, 5) is 0. The fourth-order valence-electron chi connectivity index (χ4n) is 0. The minimum Gasteiger partial charge on any atom is -0.591 e. The molecule has 0 N–H and O–H groups in total. The fourth-order valence-corrected chi connectivity index (χ4v) is 0. The Labute approximate surface area is 47.5 Å². The lowest BCUT2D eigenvalue weighted by Crippen LogP contribution is -2.09. The van der Waals surface area contributed by atoms with E-state index >= 15 is 0 Å². The molecule has 0 aliphatic carbocycles. The van der Waals surface area contributed by atoms with Gasteiger partial charge in [-0.05, 0) is 7.56 Å². The van der Waals surface area contributed by atoms with Crippen LogP contribution < -0.4 is 0 Å². The van der Waals surface area contributed by atoms with Gasteiger partial charge in [0.2, 0.25) is 0 Å². The Kier molecular flexibility index (Phi) is 2.24. The molecule has 6 heavy (non-hydrogen) atoms. The molecule has 0 aromatic heterocycles. The first-order chi connectivity index (χ1) is 2.56. The monoisotopic (exact) mass is 207 g/mol. The third kappa shape index (κ3) is 4.58. The van der Waals surface area contributed by atoms with Crippen molar-refractivity contribution in [1.82, 2.24) is 0 Å². The van der Waals surface area contributed by atoms with Crippen molar-refractivity contribution in [2.75, 3.05) is 0 Å². The molecule has 0 nitrogen and oxygen atoms in total. The molecule has 36 valence electrons. The number of hydrogen-bond donors (Lipinski definition) is 0. The van der Waals surface area contributed by atoms with E-state index in [1.54, 1.807) is 0 Å². The molecule has 0 amide bonds. The molecule has 0 aliphatic heterocycles. The highest BCUT2D eigenvalue weighted by atomic mass is 127. The van der Waals surface area contributed by atoms with Crippen LogP contribution in [0.15, 0.2) is 0 Å². The standard InChI is InChI=1S/CBF3I/c3-1(4,6)2-5/q-1. The second-order valence-electron chi connectivity index (χ2n) is 0.651. The second kappa shape index (κ2) is 2.04. The summed E-state index contributed by atoms with van der Waals surface area (Å²) >= 11 is 0.677. The van der Waals surface area contributed by atoms with Gasteiger partial charge in [-0.3, -0.25) is 0 Å². The van der Waals surface area contributed by atoms with Crippen molar-refractivity contribution < 1.29 is 13.1 Å². The topological polar surface area (TPSA) is 0 Å². The maximum Gasteiger partial charge on any atom is 0.139 e. The lowest BCUT2D eigenvalue weighted by Gasteiger charge is -2.11. The molecule has 0 saturated heterocycles. The highest BCUT2D eigenvalue weighted by Gasteiger charge is 2.07. The first-order valence-electron chi connectivity index (χ1n) is 1.07. The summed E-state index contributed by atoms with van der Waals surface area (Å²) in [5.74, 6) is 0. The van der Waals surface area contributed by atoms with E-state index in [1.807, 2.05) is 0 Å². The molecule has 0 spiro atoms. The van der Waals surface area contributed by atoms with Gasteiger partial charge in [0, 0.05) is 0 Å². The van der Waals surface area contributed by atoms with Crippen molar-refractivity contribution in [3.63, 3.8) is 0 Å². The van der Waals surface area contributed by atoms with E-state index in [4.69, 9.17) is 0 Å². The lowest BCUT2D eigenvalue weighted by molar-refractivity contribution is 0.210. The first-order valence-corrected chi connectivity index (χ1v) is 2.15. The van der Waals surface area contributed by atoms with Crippen LogP contribution in [0.2, 0.25) is 0 Å². The molecule has 0 aromatic rings. The van der Waals surface area contributed by atoms with Crippen LogP contribution in [0, 0.1) is 0 Å². The summed E-state index contributed by atoms with van der Waals surface area (Å²) in [5.41, 5.74) is 0. The van der Waals surface area contributed by atoms with Crippen LogP contribution >= 0.6 is 22.6 Å². The Morgan fingerprint density at radius 1 is 1.50 bits per heavy atom. The molecule has 2 radical (unpaired) electrons. The third-order valence-electron chi connectivity index (χ3n) is 0.124. The highest BCUT2D eigenvalue weighted by Crippen LogP contribution is 2.19. The van der Waals surface area contributed by atoms with Crippen LogP contribution in [0.1, 0.15) is 0 Å². The molecule has 0 saturated carbocycles. The molecular formula is CBF3I-. The predicted octanol–water partition coefficient (Wildman–Crippen LogP) is 1.56. The Hall–Kier alpha value is 0.585. The van der Waals surface area contributed by atoms with Gasteiger partial charge in [-0.1, -0.05) is 22.6 Å². The van der Waals surface area contributed by atoms with E-state index in [0.29, 0.717) is 22.6 Å². The van der Waals surface area contributed by atoms with Crippen molar-refractivity contribution in [3.05, 3.63) is 0 Å². The number of halogens is 4. The summed E-state index contributed by atoms with van der Waals surface area (Å²) < 4.78 is 29.4. The number of rotatable bonds is 1. The summed E-state index contributed by atoms with van der Waals surface area (Å²) in [6.07, 6.45) is 0. The van der Waals surface area contributed by atoms with Gasteiger partial charge >= 0.3 is 0 Å².